The number of rotatable bonds is 53. The fourth-order valence-electron chi connectivity index (χ4n) is 13.1. The maximum Gasteiger partial charge on any atom is 0.326 e. The first-order valence-electron chi connectivity index (χ1n) is 39.6. The smallest absolute Gasteiger partial charge is 0.326 e. The number of amides is 15. The number of carboxylic acids is 2. The standard InChI is InChI=1S/C75H120N24O19S/c1-40(2)29-50(63(107)85-37-59(102)91-53(33-44-35-82-39-88-44)68(112)93-48(21-22-61(104)105)71(115)98-26-13-19-55(98)69(113)87-38-60(103)90-51(30-41(3)4)67(111)94-49(73(117)118)23-28-119-7)95-65(109)46(17-11-24-83-74(78)79)89-58(101)36-86-64(108)52(32-43-15-9-8-10-16-43)96-70(114)56-20-14-27-99(56)72(116)54(31-42(5)6)97-66(110)47(18-12-25-84-75(80)81)92-62(106)45(76)34-57(77)100/h8-10,15-16,35,39-42,45-56H,11-14,17-34,36-38,76H2,1-7H3,(H2,77,100)(H,82,88)(H,85,107)(H,86,108)(H,87,113)(H,89,101)(H,90,103)(H,91,102)(H,92,106)(H,93,112)(H,94,111)(H,95,109)(H,96,114)(H,97,110)(H,104,105)(H,117,118)(H4,78,79,83)(H4,80,81,84)/t45-,46-,47-,48-,49-,50-,51-,52-,53-,54-,55-,56-/m0/s1. The monoisotopic (exact) mass is 1690 g/mol. The molecule has 12 atom stereocenters. The van der Waals surface area contributed by atoms with E-state index in [0.29, 0.717) is 17.7 Å². The molecule has 2 fully saturated rings. The summed E-state index contributed by atoms with van der Waals surface area (Å²) in [5.41, 5.74) is 22.9. The van der Waals surface area contributed by atoms with E-state index in [1.807, 2.05) is 0 Å². The van der Waals surface area contributed by atoms with Crippen LogP contribution in [0.4, 0.5) is 0 Å². The van der Waals surface area contributed by atoms with Crippen LogP contribution in [0.25, 0.3) is 0 Å². The summed E-state index contributed by atoms with van der Waals surface area (Å²) in [6.07, 6.45) is 3.57. The van der Waals surface area contributed by atoms with E-state index in [0.717, 1.165) is 4.90 Å². The molecular weight excluding hydrogens is 1570 g/mol. The maximum atomic E-state index is 14.6. The minimum atomic E-state index is -1.61. The molecule has 660 valence electrons. The van der Waals surface area contributed by atoms with Gasteiger partial charge in [0, 0.05) is 51.6 Å². The highest BCUT2D eigenvalue weighted by molar-refractivity contribution is 7.98. The highest BCUT2D eigenvalue weighted by Crippen LogP contribution is 2.24. The Bertz CT molecular complexity index is 3820. The lowest BCUT2D eigenvalue weighted by Crippen LogP contribution is -2.59. The number of carbonyl (C=O) groups excluding carboxylic acids is 15. The molecule has 43 nitrogen and oxygen atoms in total. The minimum Gasteiger partial charge on any atom is -0.481 e. The van der Waals surface area contributed by atoms with Crippen molar-refractivity contribution in [3.05, 3.63) is 54.1 Å². The van der Waals surface area contributed by atoms with Gasteiger partial charge in [-0.2, -0.15) is 11.8 Å². The number of hydrogen-bond donors (Lipinski definition) is 23. The molecule has 0 radical (unpaired) electrons. The van der Waals surface area contributed by atoms with Gasteiger partial charge in [-0.3, -0.25) is 87.5 Å². The Hall–Kier alpha value is -11.7. The Morgan fingerprint density at radius 3 is 1.45 bits per heavy atom. The van der Waals surface area contributed by atoms with E-state index in [9.17, 15) is 91.7 Å². The van der Waals surface area contributed by atoms with Gasteiger partial charge in [0.15, 0.2) is 11.9 Å². The van der Waals surface area contributed by atoms with Gasteiger partial charge in [0.1, 0.15) is 66.5 Å². The van der Waals surface area contributed by atoms with Crippen molar-refractivity contribution in [1.82, 2.24) is 94.2 Å². The molecule has 119 heavy (non-hydrogen) atoms. The van der Waals surface area contributed by atoms with Crippen LogP contribution in [-0.4, -0.2) is 273 Å². The zero-order valence-electron chi connectivity index (χ0n) is 68.3. The van der Waals surface area contributed by atoms with Gasteiger partial charge in [-0.1, -0.05) is 71.9 Å². The summed E-state index contributed by atoms with van der Waals surface area (Å²) in [5, 5.41) is 70.4. The van der Waals surface area contributed by atoms with Crippen LogP contribution in [0.1, 0.15) is 149 Å². The number of imidazole rings is 1. The summed E-state index contributed by atoms with van der Waals surface area (Å²) in [5.74, 6) is -16.3. The second-order valence-corrected chi connectivity index (χ2v) is 31.4. The van der Waals surface area contributed by atoms with Gasteiger partial charge >= 0.3 is 11.9 Å². The molecule has 0 unspecified atom stereocenters. The van der Waals surface area contributed by atoms with Crippen molar-refractivity contribution in [2.75, 3.05) is 57.8 Å². The number of H-pyrrole nitrogens is 1. The highest BCUT2D eigenvalue weighted by Gasteiger charge is 2.43. The number of nitrogens with one attached hydrogen (secondary N) is 17. The number of aromatic nitrogens is 2. The third kappa shape index (κ3) is 36.8. The number of aromatic amines is 1. The van der Waals surface area contributed by atoms with E-state index in [1.54, 1.807) is 78.1 Å². The van der Waals surface area contributed by atoms with Crippen LogP contribution in [0.2, 0.25) is 0 Å². The molecule has 27 N–H and O–H groups in total. The number of carbonyl (C=O) groups is 17. The lowest BCUT2D eigenvalue weighted by atomic mass is 10.0. The molecule has 15 amide bonds. The van der Waals surface area contributed by atoms with Crippen molar-refractivity contribution in [3.8, 4) is 0 Å². The fourth-order valence-corrected chi connectivity index (χ4v) is 13.6. The van der Waals surface area contributed by atoms with Crippen molar-refractivity contribution >= 4 is 124 Å². The van der Waals surface area contributed by atoms with Crippen LogP contribution in [0, 0.1) is 28.6 Å². The quantitative estimate of drug-likeness (QED) is 0.0167. The molecule has 0 saturated carbocycles. The molecule has 2 saturated heterocycles. The Morgan fingerprint density at radius 2 is 0.941 bits per heavy atom. The van der Waals surface area contributed by atoms with Crippen molar-refractivity contribution < 1.29 is 91.7 Å². The van der Waals surface area contributed by atoms with E-state index in [-0.39, 0.29) is 139 Å². The summed E-state index contributed by atoms with van der Waals surface area (Å²) >= 11 is 1.38. The second kappa shape index (κ2) is 51.5. The number of benzene rings is 1. The van der Waals surface area contributed by atoms with Crippen molar-refractivity contribution in [1.29, 1.82) is 10.8 Å². The molecule has 2 aliphatic rings. The SMILES string of the molecule is CSCC[C@H](NC(=O)[C@H](CC(C)C)NC(=O)CNC(=O)[C@@H]1CCCN1C(=O)[C@H](CCC(=O)O)NC(=O)[C@H](Cc1c[nH]cn1)NC(=O)CNC(=O)[C@H](CC(C)C)NC(=O)[C@H](CCCNC(=N)N)NC(=O)CNC(=O)[C@H](Cc1ccccc1)NC(=O)[C@@H]1CCCN1C(=O)[C@H](CC(C)C)NC(=O)[C@H](CCCNC(=N)N)NC(=O)[C@@H](N)CC(N)=O)C(=O)O. The summed E-state index contributed by atoms with van der Waals surface area (Å²) in [7, 11) is 0. The average molecular weight is 1690 g/mol. The van der Waals surface area contributed by atoms with E-state index in [2.05, 4.69) is 84.4 Å². The third-order valence-corrected chi connectivity index (χ3v) is 19.6. The summed E-state index contributed by atoms with van der Waals surface area (Å²) in [6, 6.07) is -7.62. The number of likely N-dealkylation sites (tertiary alicyclic amines) is 2. The highest BCUT2D eigenvalue weighted by atomic mass is 32.2. The number of nitrogens with zero attached hydrogens (tertiary/aromatic N) is 3. The molecule has 44 heteroatoms. The molecule has 1 aromatic carbocycles. The van der Waals surface area contributed by atoms with Crippen molar-refractivity contribution in [2.24, 2.45) is 40.7 Å². The van der Waals surface area contributed by atoms with E-state index in [1.165, 1.54) is 29.2 Å². The average Bonchev–Trinajstić information content (AvgIpc) is 1.72. The number of nitrogens with two attached hydrogens (primary N) is 4. The van der Waals surface area contributed by atoms with Gasteiger partial charge in [-0.05, 0) is 119 Å². The fraction of sp³-hybridized carbons (Fsp3) is 0.627. The molecule has 4 rings (SSSR count). The van der Waals surface area contributed by atoms with Crippen LogP contribution in [-0.2, 0) is 94.3 Å². The number of aliphatic carboxylic acids is 2. The molecule has 3 heterocycles. The lowest BCUT2D eigenvalue weighted by molar-refractivity contribution is -0.143. The number of carboxylic acid groups (broad SMARTS) is 2. The van der Waals surface area contributed by atoms with Gasteiger partial charge in [-0.25, -0.2) is 9.78 Å². The summed E-state index contributed by atoms with van der Waals surface area (Å²) in [6.45, 7) is 8.56. The molecular formula is C75H120N24O19S. The van der Waals surface area contributed by atoms with E-state index < -0.39 is 218 Å². The van der Waals surface area contributed by atoms with Crippen molar-refractivity contribution in [2.45, 2.75) is 223 Å². The zero-order chi connectivity index (χ0) is 88.6. The van der Waals surface area contributed by atoms with Gasteiger partial charge in [0.05, 0.1) is 44.1 Å². The molecule has 0 spiro atoms. The molecule has 2 aromatic rings. The number of primary amides is 1. The van der Waals surface area contributed by atoms with Crippen LogP contribution in [0.5, 0.6) is 0 Å². The van der Waals surface area contributed by atoms with Crippen LogP contribution >= 0.6 is 11.8 Å². The molecule has 2 aliphatic heterocycles. The van der Waals surface area contributed by atoms with Crippen LogP contribution < -0.4 is 97.4 Å². The first-order valence-corrected chi connectivity index (χ1v) is 41.0. The largest absolute Gasteiger partial charge is 0.481 e. The number of guanidine groups is 2. The maximum absolute atomic E-state index is 14.6. The van der Waals surface area contributed by atoms with Crippen LogP contribution in [0.15, 0.2) is 42.9 Å². The number of hydrogen-bond acceptors (Lipinski definition) is 22. The predicted molar refractivity (Wildman–Crippen MR) is 434 cm³/mol. The topological polar surface area (TPSA) is 686 Å². The normalized spacial score (nSPS) is 16.2. The Labute approximate surface area is 693 Å². The van der Waals surface area contributed by atoms with Gasteiger partial charge in [-0.15, -0.1) is 0 Å². The van der Waals surface area contributed by atoms with E-state index >= 15 is 0 Å². The molecule has 0 bridgehead atoms. The molecule has 0 aliphatic carbocycles. The Balaban J connectivity index is 1.48. The number of thioether (sulfide) groups is 1. The third-order valence-electron chi connectivity index (χ3n) is 19.0. The summed E-state index contributed by atoms with van der Waals surface area (Å²) in [4.78, 5) is 241. The Morgan fingerprint density at radius 1 is 0.504 bits per heavy atom. The minimum absolute atomic E-state index is 0.0321. The van der Waals surface area contributed by atoms with Crippen molar-refractivity contribution in [3.63, 3.8) is 0 Å². The summed E-state index contributed by atoms with van der Waals surface area (Å²) < 4.78 is 0. The second-order valence-electron chi connectivity index (χ2n) is 30.4. The first kappa shape index (κ1) is 99.6. The predicted octanol–water partition coefficient (Wildman–Crippen LogP) is -5.54. The first-order chi connectivity index (χ1) is 56.3. The molecule has 1 aromatic heterocycles. The van der Waals surface area contributed by atoms with Gasteiger partial charge < -0.3 is 122 Å². The van der Waals surface area contributed by atoms with E-state index in [4.69, 9.17) is 33.8 Å². The lowest BCUT2D eigenvalue weighted by Gasteiger charge is -2.31. The van der Waals surface area contributed by atoms with Crippen LogP contribution in [0.3, 0.4) is 0 Å². The zero-order valence-corrected chi connectivity index (χ0v) is 69.1. The Kier molecular flexibility index (Phi) is 43.1. The van der Waals surface area contributed by atoms with Gasteiger partial charge in [0.2, 0.25) is 88.6 Å². The van der Waals surface area contributed by atoms with Gasteiger partial charge in [0.25, 0.3) is 0 Å².